The molecule has 0 aliphatic carbocycles. The maximum Gasteiger partial charge on any atom is 2.00 e. The van der Waals surface area contributed by atoms with Crippen LogP contribution in [0, 0.1) is 21.3 Å². The molecule has 5 rings (SSSR count). The summed E-state index contributed by atoms with van der Waals surface area (Å²) in [5.74, 6) is 0.530. The summed E-state index contributed by atoms with van der Waals surface area (Å²) in [5, 5.41) is 26.2. The second kappa shape index (κ2) is 20.5. The molecular formula is C37H37N7O2RuS2. The van der Waals surface area contributed by atoms with Crippen molar-refractivity contribution >= 4 is 48.5 Å². The molecular weight excluding hydrogens is 740 g/mol. The molecule has 0 amide bonds. The molecule has 4 heterocycles. The van der Waals surface area contributed by atoms with E-state index < -0.39 is 5.97 Å². The zero-order valence-electron chi connectivity index (χ0n) is 28.0. The SMILES string of the molecule is CC(C)(C)c1ccnc(N(c2ccc(C(=O)O)cc2)c2cc(C(C)(C)C)ccn2)c1.N#C[S-].N#C[S-].[Ru+2].c1ccc(-c2ccccn2)nc1. The third kappa shape index (κ3) is 13.6. The topological polar surface area (TPSA) is 140 Å². The van der Waals surface area contributed by atoms with Gasteiger partial charge in [0.1, 0.15) is 11.6 Å². The van der Waals surface area contributed by atoms with Crippen molar-refractivity contribution in [2.75, 3.05) is 4.90 Å². The van der Waals surface area contributed by atoms with Crippen LogP contribution in [0.2, 0.25) is 0 Å². The molecule has 0 saturated carbocycles. The van der Waals surface area contributed by atoms with Gasteiger partial charge in [0, 0.05) is 30.5 Å². The summed E-state index contributed by atoms with van der Waals surface area (Å²) in [6.45, 7) is 13.0. The summed E-state index contributed by atoms with van der Waals surface area (Å²) in [6, 6.07) is 26.6. The molecule has 0 fully saturated rings. The Balaban J connectivity index is 0.000000520. The van der Waals surface area contributed by atoms with E-state index in [2.05, 4.69) is 98.9 Å². The van der Waals surface area contributed by atoms with Crippen LogP contribution in [0.5, 0.6) is 0 Å². The molecule has 9 nitrogen and oxygen atoms in total. The van der Waals surface area contributed by atoms with Crippen LogP contribution in [-0.2, 0) is 55.6 Å². The van der Waals surface area contributed by atoms with Crippen molar-refractivity contribution in [3.63, 3.8) is 0 Å². The number of carboxylic acid groups (broad SMARTS) is 1. The van der Waals surface area contributed by atoms with Crippen molar-refractivity contribution in [1.82, 2.24) is 19.9 Å². The van der Waals surface area contributed by atoms with Crippen molar-refractivity contribution in [2.24, 2.45) is 0 Å². The first kappa shape index (κ1) is 42.2. The first-order valence-electron chi connectivity index (χ1n) is 14.7. The normalized spacial score (nSPS) is 9.96. The number of benzene rings is 1. The van der Waals surface area contributed by atoms with E-state index in [1.165, 1.54) is 10.8 Å². The van der Waals surface area contributed by atoms with Crippen LogP contribution < -0.4 is 4.90 Å². The Labute approximate surface area is 312 Å². The number of carboxylic acids is 1. The molecule has 252 valence electrons. The number of nitriles is 2. The van der Waals surface area contributed by atoms with Gasteiger partial charge in [-0.2, -0.15) is 0 Å². The molecule has 0 unspecified atom stereocenters. The Morgan fingerprint density at radius 1 is 0.653 bits per heavy atom. The summed E-state index contributed by atoms with van der Waals surface area (Å²) in [7, 11) is 0. The number of aromatic carboxylic acids is 1. The average Bonchev–Trinajstić information content (AvgIpc) is 3.07. The third-order valence-electron chi connectivity index (χ3n) is 6.65. The first-order valence-corrected chi connectivity index (χ1v) is 15.5. The van der Waals surface area contributed by atoms with Gasteiger partial charge in [0.25, 0.3) is 0 Å². The van der Waals surface area contributed by atoms with Crippen molar-refractivity contribution in [3.05, 3.63) is 126 Å². The molecule has 1 aromatic carbocycles. The maximum absolute atomic E-state index is 11.3. The van der Waals surface area contributed by atoms with Crippen LogP contribution in [0.3, 0.4) is 0 Å². The number of aromatic nitrogens is 4. The molecule has 0 saturated heterocycles. The van der Waals surface area contributed by atoms with E-state index in [1.807, 2.05) is 65.8 Å². The van der Waals surface area contributed by atoms with Gasteiger partial charge in [-0.15, -0.1) is 0 Å². The molecule has 12 heteroatoms. The van der Waals surface area contributed by atoms with Crippen LogP contribution in [0.4, 0.5) is 17.3 Å². The molecule has 1 N–H and O–H groups in total. The Kier molecular flexibility index (Phi) is 17.6. The van der Waals surface area contributed by atoms with Crippen LogP contribution in [0.1, 0.15) is 63.0 Å². The van der Waals surface area contributed by atoms with Crippen molar-refractivity contribution < 1.29 is 29.4 Å². The van der Waals surface area contributed by atoms with Gasteiger partial charge in [0.15, 0.2) is 0 Å². The summed E-state index contributed by atoms with van der Waals surface area (Å²) in [4.78, 5) is 30.9. The minimum absolute atomic E-state index is 0. The fraction of sp³-hybridized carbons (Fsp3) is 0.216. The summed E-state index contributed by atoms with van der Waals surface area (Å²) < 4.78 is 0. The Hall–Kier alpha value is -4.87. The molecule has 49 heavy (non-hydrogen) atoms. The van der Waals surface area contributed by atoms with E-state index in [9.17, 15) is 9.90 Å². The van der Waals surface area contributed by atoms with Crippen LogP contribution in [-0.4, -0.2) is 31.0 Å². The fourth-order valence-electron chi connectivity index (χ4n) is 4.18. The quantitative estimate of drug-likeness (QED) is 0.105. The van der Waals surface area contributed by atoms with Crippen LogP contribution in [0.15, 0.2) is 110 Å². The number of carbonyl (C=O) groups is 1. The molecule has 0 spiro atoms. The molecule has 0 radical (unpaired) electrons. The van der Waals surface area contributed by atoms with Crippen molar-refractivity contribution in [1.29, 1.82) is 10.5 Å². The zero-order chi connectivity index (χ0) is 35.7. The van der Waals surface area contributed by atoms with Gasteiger partial charge in [0.2, 0.25) is 0 Å². The molecule has 0 atom stereocenters. The average molecular weight is 777 g/mol. The van der Waals surface area contributed by atoms with Crippen LogP contribution >= 0.6 is 0 Å². The largest absolute Gasteiger partial charge is 2.00 e. The fourth-order valence-corrected chi connectivity index (χ4v) is 4.18. The van der Waals surface area contributed by atoms with Crippen molar-refractivity contribution in [3.8, 4) is 22.2 Å². The van der Waals surface area contributed by atoms with E-state index in [0.29, 0.717) is 0 Å². The molecule has 0 aliphatic rings. The smallest absolute Gasteiger partial charge is 0.696 e. The number of hydrogen-bond acceptors (Lipinski definition) is 10. The van der Waals surface area contributed by atoms with E-state index in [-0.39, 0.29) is 35.9 Å². The minimum Gasteiger partial charge on any atom is -0.696 e. The predicted octanol–water partition coefficient (Wildman–Crippen LogP) is 8.41. The van der Waals surface area contributed by atoms with Gasteiger partial charge < -0.3 is 30.4 Å². The van der Waals surface area contributed by atoms with Gasteiger partial charge >= 0.3 is 25.4 Å². The Morgan fingerprint density at radius 2 is 1.04 bits per heavy atom. The molecule has 4 aromatic heterocycles. The molecule has 5 aromatic rings. The number of rotatable bonds is 5. The van der Waals surface area contributed by atoms with E-state index in [4.69, 9.17) is 10.5 Å². The summed E-state index contributed by atoms with van der Waals surface area (Å²) >= 11 is 7.40. The first-order chi connectivity index (χ1) is 22.8. The standard InChI is InChI=1S/C25H29N3O2.C10H8N2.2CHNS.Ru/c1-24(2,3)18-11-13-26-21(15-18)28(20-9-7-17(8-10-20)23(29)30)22-16-19(12-14-27-22)25(4,5)6;1-3-7-11-9(5-1)10-6-2-4-8-12-10;2*2-1-3;/h7-16H,1-6H3,(H,29,30);1-8H;2*3H;/q;;;;+2/p-2. The van der Waals surface area contributed by atoms with E-state index >= 15 is 0 Å². The molecule has 0 aliphatic heterocycles. The minimum atomic E-state index is -0.950. The van der Waals surface area contributed by atoms with E-state index in [0.717, 1.165) is 39.8 Å². The van der Waals surface area contributed by atoms with E-state index in [1.54, 1.807) is 36.7 Å². The van der Waals surface area contributed by atoms with Crippen molar-refractivity contribution in [2.45, 2.75) is 52.4 Å². The third-order valence-corrected chi connectivity index (χ3v) is 6.65. The van der Waals surface area contributed by atoms with Gasteiger partial charge in [-0.05, 0) is 94.8 Å². The van der Waals surface area contributed by atoms with Gasteiger partial charge in [-0.1, -0.05) is 64.5 Å². The number of pyridine rings is 4. The van der Waals surface area contributed by atoms with Gasteiger partial charge in [-0.25, -0.2) is 25.3 Å². The zero-order valence-corrected chi connectivity index (χ0v) is 31.4. The second-order valence-corrected chi connectivity index (χ2v) is 12.5. The predicted molar refractivity (Wildman–Crippen MR) is 194 cm³/mol. The summed E-state index contributed by atoms with van der Waals surface area (Å²) in [6.07, 6.45) is 7.15. The number of hydrogen-bond donors (Lipinski definition) is 1. The summed E-state index contributed by atoms with van der Waals surface area (Å²) in [5.41, 5.74) is 5.13. The maximum atomic E-state index is 11.3. The number of nitrogens with zero attached hydrogens (tertiary/aromatic N) is 7. The van der Waals surface area contributed by atoms with Gasteiger partial charge in [0.05, 0.1) is 17.0 Å². The molecule has 0 bridgehead atoms. The Morgan fingerprint density at radius 3 is 1.35 bits per heavy atom. The number of thiocyanates is 2. The van der Waals surface area contributed by atoms with Gasteiger partial charge in [-0.3, -0.25) is 14.9 Å². The van der Waals surface area contributed by atoms with Crippen LogP contribution in [0.25, 0.3) is 11.4 Å². The monoisotopic (exact) mass is 777 g/mol. The number of anilines is 3. The second-order valence-electron chi connectivity index (χ2n) is 12.1. The Bertz CT molecular complexity index is 1710.